The Morgan fingerprint density at radius 3 is 2.68 bits per heavy atom. The number of benzene rings is 1. The molecule has 0 radical (unpaired) electrons. The highest BCUT2D eigenvalue weighted by atomic mass is 19.1. The topological polar surface area (TPSA) is 93.8 Å². The molecule has 0 bridgehead atoms. The van der Waals surface area contributed by atoms with Crippen LogP contribution >= 0.6 is 0 Å². The first-order valence-electron chi connectivity index (χ1n) is 13.7. The van der Waals surface area contributed by atoms with E-state index in [0.29, 0.717) is 53.2 Å². The molecule has 2 atom stereocenters. The minimum absolute atomic E-state index is 0.0701. The van der Waals surface area contributed by atoms with E-state index in [-0.39, 0.29) is 30.5 Å². The fourth-order valence-electron chi connectivity index (χ4n) is 6.03. The Labute approximate surface area is 222 Å². The molecule has 2 aliphatic heterocycles. The second kappa shape index (κ2) is 10.2. The van der Waals surface area contributed by atoms with Crippen LogP contribution in [0, 0.1) is 12.7 Å². The molecular formula is C30H37FN2O5. The molecule has 2 aliphatic rings. The van der Waals surface area contributed by atoms with Crippen molar-refractivity contribution in [2.24, 2.45) is 0 Å². The number of aryl methyl sites for hydroxylation is 2. The molecule has 5 rings (SSSR count). The van der Waals surface area contributed by atoms with Gasteiger partial charge in [-0.3, -0.25) is 4.79 Å². The summed E-state index contributed by atoms with van der Waals surface area (Å²) in [5.74, 6) is -0.290. The van der Waals surface area contributed by atoms with Crippen molar-refractivity contribution in [3.05, 3.63) is 61.7 Å². The second-order valence-corrected chi connectivity index (χ2v) is 10.8. The summed E-state index contributed by atoms with van der Waals surface area (Å²) in [4.78, 5) is 18.5. The van der Waals surface area contributed by atoms with E-state index < -0.39 is 11.9 Å². The first-order valence-corrected chi connectivity index (χ1v) is 13.7. The van der Waals surface area contributed by atoms with Crippen LogP contribution in [0.2, 0.25) is 0 Å². The summed E-state index contributed by atoms with van der Waals surface area (Å²) in [5, 5.41) is 22.6. The normalized spacial score (nSPS) is 20.2. The van der Waals surface area contributed by atoms with Gasteiger partial charge in [-0.2, -0.15) is 0 Å². The van der Waals surface area contributed by atoms with Gasteiger partial charge in [0.1, 0.15) is 11.4 Å². The average Bonchev–Trinajstić information content (AvgIpc) is 3.25. The lowest BCUT2D eigenvalue weighted by atomic mass is 9.85. The van der Waals surface area contributed by atoms with Crippen LogP contribution in [0.1, 0.15) is 80.3 Å². The van der Waals surface area contributed by atoms with Gasteiger partial charge in [0.05, 0.1) is 36.2 Å². The number of ether oxygens (including phenoxy) is 2. The van der Waals surface area contributed by atoms with E-state index >= 15 is 4.39 Å². The van der Waals surface area contributed by atoms with E-state index in [0.717, 1.165) is 41.3 Å². The zero-order valence-electron chi connectivity index (χ0n) is 22.9. The van der Waals surface area contributed by atoms with Gasteiger partial charge in [-0.15, -0.1) is 0 Å². The molecule has 0 saturated heterocycles. The van der Waals surface area contributed by atoms with Crippen molar-refractivity contribution in [3.8, 4) is 11.4 Å². The molecule has 0 fully saturated rings. The van der Waals surface area contributed by atoms with E-state index in [1.54, 1.807) is 17.6 Å². The van der Waals surface area contributed by atoms with Crippen molar-refractivity contribution < 1.29 is 24.1 Å². The van der Waals surface area contributed by atoms with E-state index in [4.69, 9.17) is 14.5 Å². The van der Waals surface area contributed by atoms with E-state index in [1.165, 1.54) is 6.07 Å². The molecule has 0 aliphatic carbocycles. The molecular weight excluding hydrogens is 487 g/mol. The van der Waals surface area contributed by atoms with Crippen molar-refractivity contribution in [3.63, 3.8) is 0 Å². The summed E-state index contributed by atoms with van der Waals surface area (Å²) in [6.45, 7) is 10.6. The molecule has 4 heterocycles. The van der Waals surface area contributed by atoms with Crippen molar-refractivity contribution >= 4 is 10.9 Å². The number of hydrogen-bond acceptors (Lipinski definition) is 6. The number of pyridine rings is 2. The van der Waals surface area contributed by atoms with Crippen LogP contribution in [0.4, 0.5) is 4.39 Å². The van der Waals surface area contributed by atoms with Crippen LogP contribution in [-0.4, -0.2) is 38.8 Å². The maximum absolute atomic E-state index is 15.2. The molecule has 8 heteroatoms. The van der Waals surface area contributed by atoms with E-state index in [2.05, 4.69) is 6.92 Å². The number of halogens is 1. The van der Waals surface area contributed by atoms with Gasteiger partial charge in [0.15, 0.2) is 6.29 Å². The maximum Gasteiger partial charge on any atom is 0.257 e. The Morgan fingerprint density at radius 1 is 1.24 bits per heavy atom. The number of aliphatic hydroxyl groups is 2. The second-order valence-electron chi connectivity index (χ2n) is 10.8. The summed E-state index contributed by atoms with van der Waals surface area (Å²) in [6.07, 6.45) is 2.12. The van der Waals surface area contributed by atoms with Gasteiger partial charge in [-0.05, 0) is 75.6 Å². The van der Waals surface area contributed by atoms with Crippen molar-refractivity contribution in [1.29, 1.82) is 0 Å². The lowest BCUT2D eigenvalue weighted by Crippen LogP contribution is -2.47. The van der Waals surface area contributed by atoms with Crippen LogP contribution in [0.5, 0.6) is 0 Å². The molecule has 0 saturated carbocycles. The fourth-order valence-corrected chi connectivity index (χ4v) is 6.03. The zero-order chi connectivity index (χ0) is 27.4. The number of hydrogen-bond donors (Lipinski definition) is 2. The predicted octanol–water partition coefficient (Wildman–Crippen LogP) is 4.63. The number of unbranched alkanes of at least 4 members (excludes halogenated alkanes) is 1. The lowest BCUT2D eigenvalue weighted by molar-refractivity contribution is -0.236. The third-order valence-electron chi connectivity index (χ3n) is 8.20. The molecule has 0 amide bonds. The van der Waals surface area contributed by atoms with Crippen LogP contribution in [0.15, 0.2) is 16.9 Å². The number of fused-ring (bicyclic) bond motifs is 5. The number of nitrogens with zero attached hydrogens (tertiary/aromatic N) is 2. The third kappa shape index (κ3) is 4.18. The van der Waals surface area contributed by atoms with Crippen LogP contribution < -0.4 is 5.56 Å². The molecule has 204 valence electrons. The van der Waals surface area contributed by atoms with Crippen LogP contribution in [0.25, 0.3) is 22.3 Å². The Balaban J connectivity index is 1.66. The first-order chi connectivity index (χ1) is 18.1. The summed E-state index contributed by atoms with van der Waals surface area (Å²) >= 11 is 0. The monoisotopic (exact) mass is 524 g/mol. The molecule has 38 heavy (non-hydrogen) atoms. The van der Waals surface area contributed by atoms with Gasteiger partial charge < -0.3 is 24.3 Å². The predicted molar refractivity (Wildman–Crippen MR) is 144 cm³/mol. The largest absolute Gasteiger partial charge is 0.380 e. The van der Waals surface area contributed by atoms with Crippen molar-refractivity contribution in [2.45, 2.75) is 97.9 Å². The quantitative estimate of drug-likeness (QED) is 0.327. The Hall–Kier alpha value is -2.65. The Bertz CT molecular complexity index is 1460. The number of aromatic nitrogens is 2. The zero-order valence-corrected chi connectivity index (χ0v) is 22.9. The van der Waals surface area contributed by atoms with E-state index in [9.17, 15) is 15.0 Å². The van der Waals surface area contributed by atoms with Gasteiger partial charge in [0.25, 0.3) is 5.56 Å². The lowest BCUT2D eigenvalue weighted by Gasteiger charge is -2.37. The first kappa shape index (κ1) is 26.9. The molecule has 2 aromatic heterocycles. The Kier molecular flexibility index (Phi) is 7.20. The highest BCUT2D eigenvalue weighted by Gasteiger charge is 2.44. The molecule has 1 aromatic carbocycles. The van der Waals surface area contributed by atoms with Crippen molar-refractivity contribution in [1.82, 2.24) is 9.55 Å². The molecule has 0 spiro atoms. The molecule has 2 N–H and O–H groups in total. The Morgan fingerprint density at radius 2 is 2.00 bits per heavy atom. The molecule has 7 nitrogen and oxygen atoms in total. The molecule has 1 unspecified atom stereocenters. The van der Waals surface area contributed by atoms with E-state index in [1.807, 2.05) is 20.8 Å². The van der Waals surface area contributed by atoms with Gasteiger partial charge in [0.2, 0.25) is 0 Å². The maximum atomic E-state index is 15.2. The number of aliphatic hydroxyl groups excluding tert-OH is 1. The van der Waals surface area contributed by atoms with Gasteiger partial charge in [-0.1, -0.05) is 13.8 Å². The highest BCUT2D eigenvalue weighted by Crippen LogP contribution is 2.42. The fraction of sp³-hybridized carbons (Fsp3) is 0.533. The van der Waals surface area contributed by atoms with Crippen molar-refractivity contribution in [2.75, 3.05) is 6.61 Å². The SMILES string of the molecule is CCc1c2c(nc3cc(F)c(C)c(CCCCOC(C)C)c13)-c1cc3c(c(=O)n1C2)COC(O)[C@]3(O)CC. The third-order valence-corrected chi connectivity index (χ3v) is 8.20. The highest BCUT2D eigenvalue weighted by molar-refractivity contribution is 5.91. The minimum atomic E-state index is -1.69. The molecule has 3 aromatic rings. The summed E-state index contributed by atoms with van der Waals surface area (Å²) in [7, 11) is 0. The standard InChI is InChI=1S/C30H37FN2O5/c1-6-18-20-14-33-25(12-22-21(28(33)34)15-38-29(35)30(22,36)7-2)27(20)32-24-13-23(31)17(5)19(26(18)24)10-8-9-11-37-16(3)4/h12-13,16,29,35-36H,6-11,14-15H2,1-5H3/t29?,30-/m0/s1. The van der Waals surface area contributed by atoms with Gasteiger partial charge >= 0.3 is 0 Å². The summed E-state index contributed by atoms with van der Waals surface area (Å²) in [6, 6.07) is 3.25. The average molecular weight is 525 g/mol. The van der Waals surface area contributed by atoms with Gasteiger partial charge in [-0.25, -0.2) is 9.37 Å². The smallest absolute Gasteiger partial charge is 0.257 e. The van der Waals surface area contributed by atoms with Gasteiger partial charge in [0, 0.05) is 34.7 Å². The number of rotatable bonds is 8. The summed E-state index contributed by atoms with van der Waals surface area (Å²) in [5.41, 5.74) is 4.21. The van der Waals surface area contributed by atoms with Crippen LogP contribution in [0.3, 0.4) is 0 Å². The summed E-state index contributed by atoms with van der Waals surface area (Å²) < 4.78 is 27.9. The minimum Gasteiger partial charge on any atom is -0.380 e. The van der Waals surface area contributed by atoms with Crippen LogP contribution in [-0.2, 0) is 41.1 Å².